The van der Waals surface area contributed by atoms with Crippen LogP contribution < -0.4 is 20.1 Å². The van der Waals surface area contributed by atoms with Crippen LogP contribution in [0.2, 0.25) is 0 Å². The van der Waals surface area contributed by atoms with E-state index in [-0.39, 0.29) is 18.6 Å². The molecule has 7 nitrogen and oxygen atoms in total. The van der Waals surface area contributed by atoms with Crippen molar-refractivity contribution in [3.8, 4) is 11.5 Å². The van der Waals surface area contributed by atoms with Crippen molar-refractivity contribution in [3.63, 3.8) is 0 Å². The number of ether oxygens (including phenoxy) is 3. The molecule has 3 heterocycles. The summed E-state index contributed by atoms with van der Waals surface area (Å²) < 4.78 is 16.8. The van der Waals surface area contributed by atoms with Crippen molar-refractivity contribution in [3.05, 3.63) is 65.9 Å². The fourth-order valence-corrected chi connectivity index (χ4v) is 4.21. The third kappa shape index (κ3) is 4.99. The molecule has 3 aromatic rings. The summed E-state index contributed by atoms with van der Waals surface area (Å²) in [6.45, 7) is 1.44. The standard InChI is InChI=1S/C26H27N3O4/c1-31-21-12-22-18(3-2-4-23(22)28-14-21)6-8-20-9-7-19(15-32-20)27-13-17-5-10-25-24(11-17)29-26(30)16-33-25/h2-6,8,10-12,14,19-20,27H,7,9,13,15-16H2,1H3,(H,29,30)/b8-6+/t19-,20-/m1/s1. The number of rotatable bonds is 6. The Balaban J connectivity index is 1.15. The molecule has 33 heavy (non-hydrogen) atoms. The van der Waals surface area contributed by atoms with Crippen LogP contribution in [0.25, 0.3) is 17.0 Å². The lowest BCUT2D eigenvalue weighted by Gasteiger charge is -2.28. The predicted octanol–water partition coefficient (Wildman–Crippen LogP) is 3.92. The maximum Gasteiger partial charge on any atom is 0.262 e. The zero-order valence-corrected chi connectivity index (χ0v) is 18.5. The number of nitrogens with zero attached hydrogens (tertiary/aromatic N) is 1. The van der Waals surface area contributed by atoms with E-state index in [9.17, 15) is 4.79 Å². The highest BCUT2D eigenvalue weighted by molar-refractivity contribution is 5.95. The van der Waals surface area contributed by atoms with Gasteiger partial charge in [0.25, 0.3) is 5.91 Å². The number of benzene rings is 2. The van der Waals surface area contributed by atoms with E-state index in [1.807, 2.05) is 36.4 Å². The molecule has 1 fully saturated rings. The van der Waals surface area contributed by atoms with Crippen LogP contribution in [-0.4, -0.2) is 43.4 Å². The number of hydrogen-bond acceptors (Lipinski definition) is 6. The molecular weight excluding hydrogens is 418 g/mol. The Bertz CT molecular complexity index is 1190. The van der Waals surface area contributed by atoms with Crippen molar-refractivity contribution in [1.82, 2.24) is 10.3 Å². The Morgan fingerprint density at radius 3 is 3.03 bits per heavy atom. The van der Waals surface area contributed by atoms with Crippen molar-refractivity contribution in [2.24, 2.45) is 0 Å². The minimum Gasteiger partial charge on any atom is -0.495 e. The topological polar surface area (TPSA) is 81.7 Å². The van der Waals surface area contributed by atoms with Crippen LogP contribution >= 0.6 is 0 Å². The Morgan fingerprint density at radius 1 is 1.24 bits per heavy atom. The molecule has 1 aromatic heterocycles. The Labute approximate surface area is 192 Å². The first kappa shape index (κ1) is 21.4. The molecule has 2 aliphatic rings. The highest BCUT2D eigenvalue weighted by Gasteiger charge is 2.20. The number of aromatic nitrogens is 1. The average Bonchev–Trinajstić information content (AvgIpc) is 2.86. The summed E-state index contributed by atoms with van der Waals surface area (Å²) in [6, 6.07) is 14.3. The van der Waals surface area contributed by atoms with E-state index in [4.69, 9.17) is 14.2 Å². The fourth-order valence-electron chi connectivity index (χ4n) is 4.21. The van der Waals surface area contributed by atoms with E-state index in [1.165, 1.54) is 0 Å². The fraction of sp³-hybridized carbons (Fsp3) is 0.308. The average molecular weight is 446 g/mol. The van der Waals surface area contributed by atoms with Crippen LogP contribution in [0.4, 0.5) is 5.69 Å². The lowest BCUT2D eigenvalue weighted by atomic mass is 10.0. The maximum absolute atomic E-state index is 11.5. The van der Waals surface area contributed by atoms with Gasteiger partial charge in [0, 0.05) is 18.0 Å². The molecule has 1 saturated heterocycles. The first-order valence-electron chi connectivity index (χ1n) is 11.2. The van der Waals surface area contributed by atoms with E-state index < -0.39 is 0 Å². The second kappa shape index (κ2) is 9.60. The number of amides is 1. The molecule has 0 saturated carbocycles. The summed E-state index contributed by atoms with van der Waals surface area (Å²) in [5.41, 5.74) is 3.88. The van der Waals surface area contributed by atoms with Gasteiger partial charge in [-0.25, -0.2) is 0 Å². The van der Waals surface area contributed by atoms with Gasteiger partial charge in [0.15, 0.2) is 6.61 Å². The summed E-state index contributed by atoms with van der Waals surface area (Å²) in [7, 11) is 1.65. The lowest BCUT2D eigenvalue weighted by molar-refractivity contribution is -0.118. The Hall–Kier alpha value is -3.42. The van der Waals surface area contributed by atoms with Crippen molar-refractivity contribution in [2.75, 3.05) is 25.6 Å². The van der Waals surface area contributed by atoms with E-state index in [2.05, 4.69) is 33.8 Å². The molecule has 0 bridgehead atoms. The molecule has 7 heteroatoms. The smallest absolute Gasteiger partial charge is 0.262 e. The molecule has 0 unspecified atom stereocenters. The highest BCUT2D eigenvalue weighted by atomic mass is 16.5. The quantitative estimate of drug-likeness (QED) is 0.599. The van der Waals surface area contributed by atoms with Crippen molar-refractivity contribution in [2.45, 2.75) is 31.5 Å². The van der Waals surface area contributed by atoms with E-state index >= 15 is 0 Å². The minimum atomic E-state index is -0.119. The number of carbonyl (C=O) groups is 1. The molecule has 5 rings (SSSR count). The largest absolute Gasteiger partial charge is 0.495 e. The molecular formula is C26H27N3O4. The van der Waals surface area contributed by atoms with Gasteiger partial charge in [0.1, 0.15) is 11.5 Å². The molecule has 2 N–H and O–H groups in total. The minimum absolute atomic E-state index is 0.0746. The zero-order chi connectivity index (χ0) is 22.6. The molecule has 2 aliphatic heterocycles. The Kier molecular flexibility index (Phi) is 6.24. The van der Waals surface area contributed by atoms with Crippen LogP contribution in [0.3, 0.4) is 0 Å². The molecule has 2 aromatic carbocycles. The maximum atomic E-state index is 11.5. The predicted molar refractivity (Wildman–Crippen MR) is 127 cm³/mol. The first-order valence-corrected chi connectivity index (χ1v) is 11.2. The second-order valence-electron chi connectivity index (χ2n) is 8.34. The van der Waals surface area contributed by atoms with Gasteiger partial charge < -0.3 is 24.8 Å². The van der Waals surface area contributed by atoms with Crippen molar-refractivity contribution in [1.29, 1.82) is 0 Å². The number of pyridine rings is 1. The molecule has 2 atom stereocenters. The van der Waals surface area contributed by atoms with Crippen LogP contribution in [0.15, 0.2) is 54.7 Å². The third-order valence-electron chi connectivity index (χ3n) is 6.04. The van der Waals surface area contributed by atoms with Gasteiger partial charge in [-0.05, 0) is 48.2 Å². The monoisotopic (exact) mass is 445 g/mol. The van der Waals surface area contributed by atoms with E-state index in [0.717, 1.165) is 52.1 Å². The summed E-state index contributed by atoms with van der Waals surface area (Å²) in [4.78, 5) is 16.0. The van der Waals surface area contributed by atoms with Crippen LogP contribution in [-0.2, 0) is 16.1 Å². The number of methoxy groups -OCH3 is 1. The van der Waals surface area contributed by atoms with Gasteiger partial charge in [-0.1, -0.05) is 30.4 Å². The summed E-state index contributed by atoms with van der Waals surface area (Å²) >= 11 is 0. The van der Waals surface area contributed by atoms with Crippen LogP contribution in [0.1, 0.15) is 24.0 Å². The van der Waals surface area contributed by atoms with Crippen LogP contribution in [0.5, 0.6) is 11.5 Å². The normalized spacial score (nSPS) is 20.3. The van der Waals surface area contributed by atoms with Gasteiger partial charge in [-0.15, -0.1) is 0 Å². The molecule has 1 amide bonds. The molecule has 0 spiro atoms. The van der Waals surface area contributed by atoms with Gasteiger partial charge in [-0.3, -0.25) is 9.78 Å². The van der Waals surface area contributed by atoms with Gasteiger partial charge in [0.05, 0.1) is 37.2 Å². The second-order valence-corrected chi connectivity index (χ2v) is 8.34. The molecule has 0 aliphatic carbocycles. The number of carbonyl (C=O) groups excluding carboxylic acids is 1. The van der Waals surface area contributed by atoms with Crippen LogP contribution in [0, 0.1) is 0 Å². The first-order chi connectivity index (χ1) is 16.2. The molecule has 0 radical (unpaired) electrons. The Morgan fingerprint density at radius 2 is 2.18 bits per heavy atom. The SMILES string of the molecule is COc1cnc2cccc(/C=C/[C@@H]3CC[C@@H](NCc4ccc5c(c4)NC(=O)CO5)CO3)c2c1. The van der Waals surface area contributed by atoms with Gasteiger partial charge in [-0.2, -0.15) is 0 Å². The number of fused-ring (bicyclic) bond motifs is 2. The number of anilines is 1. The lowest BCUT2D eigenvalue weighted by Crippen LogP contribution is -2.39. The zero-order valence-electron chi connectivity index (χ0n) is 18.5. The van der Waals surface area contributed by atoms with Gasteiger partial charge >= 0.3 is 0 Å². The molecule has 170 valence electrons. The highest BCUT2D eigenvalue weighted by Crippen LogP contribution is 2.29. The van der Waals surface area contributed by atoms with Gasteiger partial charge in [0.2, 0.25) is 0 Å². The van der Waals surface area contributed by atoms with E-state index in [0.29, 0.717) is 19.2 Å². The third-order valence-corrected chi connectivity index (χ3v) is 6.04. The summed E-state index contributed by atoms with van der Waals surface area (Å²) in [5.74, 6) is 1.35. The number of hydrogen-bond donors (Lipinski definition) is 2. The summed E-state index contributed by atoms with van der Waals surface area (Å²) in [6.07, 6.45) is 8.07. The summed E-state index contributed by atoms with van der Waals surface area (Å²) in [5, 5.41) is 7.48. The van der Waals surface area contributed by atoms with E-state index in [1.54, 1.807) is 13.3 Å². The number of nitrogens with one attached hydrogen (secondary N) is 2. The van der Waals surface area contributed by atoms with Crippen molar-refractivity contribution >= 4 is 28.6 Å². The van der Waals surface area contributed by atoms with Crippen molar-refractivity contribution < 1.29 is 19.0 Å².